The van der Waals surface area contributed by atoms with Crippen molar-refractivity contribution in [1.82, 2.24) is 4.98 Å². The van der Waals surface area contributed by atoms with Crippen molar-refractivity contribution in [2.24, 2.45) is 0 Å². The number of halogens is 7. The van der Waals surface area contributed by atoms with Crippen LogP contribution in [0.1, 0.15) is 16.1 Å². The summed E-state index contributed by atoms with van der Waals surface area (Å²) in [4.78, 5) is 18.1. The van der Waals surface area contributed by atoms with Crippen LogP contribution < -0.4 is 19.8 Å². The van der Waals surface area contributed by atoms with Crippen molar-refractivity contribution in [2.75, 3.05) is 5.32 Å². The number of anilines is 1. The summed E-state index contributed by atoms with van der Waals surface area (Å²) in [5, 5.41) is 2.21. The van der Waals surface area contributed by atoms with Gasteiger partial charge in [0.25, 0.3) is 5.91 Å². The van der Waals surface area contributed by atoms with E-state index >= 15 is 0 Å². The second kappa shape index (κ2) is 8.69. The molecule has 2 heterocycles. The maximum absolute atomic E-state index is 14.7. The van der Waals surface area contributed by atoms with E-state index in [2.05, 4.69) is 20.0 Å². The number of carbonyl (C=O) groups is 1. The third kappa shape index (κ3) is 5.62. The van der Waals surface area contributed by atoms with Crippen molar-refractivity contribution >= 4 is 11.6 Å². The second-order valence-corrected chi connectivity index (χ2v) is 6.03. The zero-order valence-corrected chi connectivity index (χ0v) is 15.5. The van der Waals surface area contributed by atoms with Crippen LogP contribution in [-0.2, 0) is 6.18 Å². The summed E-state index contributed by atoms with van der Waals surface area (Å²) < 4.78 is 99.5. The summed E-state index contributed by atoms with van der Waals surface area (Å²) >= 11 is 0. The number of amides is 1. The van der Waals surface area contributed by atoms with Crippen molar-refractivity contribution < 1.29 is 50.0 Å². The molecule has 0 spiro atoms. The molecule has 6 nitrogen and oxygen atoms in total. The highest BCUT2D eigenvalue weighted by atomic mass is 19.4. The topological polar surface area (TPSA) is 74.6 Å². The SMILES string of the molecule is O=C(Nc1ccc[nH+]c1)c1c(Oc2ccc(OC(F)(F)F)cc2)cnc(C(F)(F)F)c1F. The predicted octanol–water partition coefficient (Wildman–Crippen LogP) is 5.00. The molecule has 0 aliphatic rings. The number of pyridine rings is 2. The molecule has 1 amide bonds. The summed E-state index contributed by atoms with van der Waals surface area (Å²) in [7, 11) is 0. The van der Waals surface area contributed by atoms with E-state index in [0.29, 0.717) is 6.20 Å². The fraction of sp³-hybridized carbons (Fsp3) is 0.105. The Bertz CT molecular complexity index is 1100. The quantitative estimate of drug-likeness (QED) is 0.542. The number of hydrogen-bond acceptors (Lipinski definition) is 4. The Labute approximate surface area is 174 Å². The first-order chi connectivity index (χ1) is 14.9. The number of H-pyrrole nitrogens is 1. The molecule has 168 valence electrons. The van der Waals surface area contributed by atoms with Gasteiger partial charge in [-0.05, 0) is 30.3 Å². The number of aromatic nitrogens is 2. The van der Waals surface area contributed by atoms with Crippen LogP contribution in [0.2, 0.25) is 0 Å². The molecule has 0 fully saturated rings. The van der Waals surface area contributed by atoms with Gasteiger partial charge in [0.15, 0.2) is 29.7 Å². The minimum atomic E-state index is -5.20. The molecule has 13 heteroatoms. The highest BCUT2D eigenvalue weighted by Gasteiger charge is 2.39. The highest BCUT2D eigenvalue weighted by Crippen LogP contribution is 2.36. The lowest BCUT2D eigenvalue weighted by Gasteiger charge is -2.15. The molecule has 2 aromatic heterocycles. The van der Waals surface area contributed by atoms with Crippen LogP contribution in [0.15, 0.2) is 55.0 Å². The van der Waals surface area contributed by atoms with Crippen LogP contribution >= 0.6 is 0 Å². The lowest BCUT2D eigenvalue weighted by molar-refractivity contribution is -0.377. The number of benzene rings is 1. The van der Waals surface area contributed by atoms with E-state index in [0.717, 1.165) is 24.3 Å². The van der Waals surface area contributed by atoms with Crippen molar-refractivity contribution in [1.29, 1.82) is 0 Å². The van der Waals surface area contributed by atoms with Crippen LogP contribution in [0, 0.1) is 5.82 Å². The molecule has 3 aromatic rings. The number of aromatic amines is 1. The van der Waals surface area contributed by atoms with Crippen LogP contribution in [0.4, 0.5) is 36.4 Å². The average Bonchev–Trinajstić information content (AvgIpc) is 2.68. The van der Waals surface area contributed by atoms with E-state index in [1.165, 1.54) is 24.5 Å². The van der Waals surface area contributed by atoms with E-state index in [1.54, 1.807) is 0 Å². The number of rotatable bonds is 5. The molecule has 0 atom stereocenters. The van der Waals surface area contributed by atoms with E-state index in [9.17, 15) is 35.5 Å². The minimum Gasteiger partial charge on any atom is -0.455 e. The number of alkyl halides is 6. The largest absolute Gasteiger partial charge is 0.573 e. The van der Waals surface area contributed by atoms with E-state index < -0.39 is 47.0 Å². The monoisotopic (exact) mass is 462 g/mol. The van der Waals surface area contributed by atoms with Gasteiger partial charge in [0.1, 0.15) is 22.7 Å². The van der Waals surface area contributed by atoms with E-state index in [4.69, 9.17) is 4.74 Å². The fourth-order valence-corrected chi connectivity index (χ4v) is 2.46. The van der Waals surface area contributed by atoms with Gasteiger partial charge in [-0.1, -0.05) is 0 Å². The molecule has 2 N–H and O–H groups in total. The molecule has 0 saturated carbocycles. The summed E-state index contributed by atoms with van der Waals surface area (Å²) in [5.41, 5.74) is -2.93. The Morgan fingerprint density at radius 2 is 1.66 bits per heavy atom. The van der Waals surface area contributed by atoms with Gasteiger partial charge < -0.3 is 14.8 Å². The maximum Gasteiger partial charge on any atom is 0.573 e. The molecule has 0 radical (unpaired) electrons. The number of nitrogens with zero attached hydrogens (tertiary/aromatic N) is 1. The normalized spacial score (nSPS) is 11.7. The average molecular weight is 462 g/mol. The van der Waals surface area contributed by atoms with Crippen LogP contribution in [0.5, 0.6) is 17.2 Å². The molecule has 0 saturated heterocycles. The summed E-state index contributed by atoms with van der Waals surface area (Å²) in [6.07, 6.45) is -6.87. The third-order valence-corrected chi connectivity index (χ3v) is 3.73. The first-order valence-corrected chi connectivity index (χ1v) is 8.51. The molecular weight excluding hydrogens is 451 g/mol. The van der Waals surface area contributed by atoms with Crippen LogP contribution in [-0.4, -0.2) is 17.3 Å². The van der Waals surface area contributed by atoms with Gasteiger partial charge in [-0.2, -0.15) is 13.2 Å². The molecule has 0 unspecified atom stereocenters. The lowest BCUT2D eigenvalue weighted by atomic mass is 10.1. The smallest absolute Gasteiger partial charge is 0.455 e. The van der Waals surface area contributed by atoms with E-state index in [-0.39, 0.29) is 11.4 Å². The fourth-order valence-electron chi connectivity index (χ4n) is 2.46. The number of ether oxygens (including phenoxy) is 2. The molecule has 0 bridgehead atoms. The van der Waals surface area contributed by atoms with Crippen molar-refractivity contribution in [3.05, 3.63) is 72.1 Å². The van der Waals surface area contributed by atoms with Gasteiger partial charge in [0.05, 0.1) is 6.20 Å². The Hall–Kier alpha value is -3.90. The van der Waals surface area contributed by atoms with Gasteiger partial charge in [0, 0.05) is 6.07 Å². The molecular formula is C19H11F7N3O3+. The van der Waals surface area contributed by atoms with Crippen molar-refractivity contribution in [3.63, 3.8) is 0 Å². The standard InChI is InChI=1S/C19H10F7N3O3/c20-15-14(17(30)29-10-2-1-7-27-8-10)13(9-28-16(15)18(21,22)23)31-11-3-5-12(6-4-11)32-19(24,25)26/h1-9H,(H,29,30)/p+1. The highest BCUT2D eigenvalue weighted by molar-refractivity contribution is 6.06. The number of nitrogens with one attached hydrogen (secondary N) is 2. The minimum absolute atomic E-state index is 0.113. The van der Waals surface area contributed by atoms with Gasteiger partial charge in [-0.3, -0.25) is 4.79 Å². The molecule has 1 aromatic carbocycles. The molecule has 3 rings (SSSR count). The Balaban J connectivity index is 1.96. The summed E-state index contributed by atoms with van der Waals surface area (Å²) in [6, 6.07) is 6.53. The van der Waals surface area contributed by atoms with Gasteiger partial charge in [-0.25, -0.2) is 14.4 Å². The van der Waals surface area contributed by atoms with Crippen molar-refractivity contribution in [3.8, 4) is 17.2 Å². The maximum atomic E-state index is 14.7. The summed E-state index contributed by atoms with van der Waals surface area (Å²) in [6.45, 7) is 0. The second-order valence-electron chi connectivity index (χ2n) is 6.03. The van der Waals surface area contributed by atoms with Gasteiger partial charge in [0.2, 0.25) is 0 Å². The number of hydrogen-bond donors (Lipinski definition) is 1. The number of carbonyl (C=O) groups excluding carboxylic acids is 1. The zero-order chi connectivity index (χ0) is 23.5. The molecule has 0 aliphatic heterocycles. The summed E-state index contributed by atoms with van der Waals surface area (Å²) in [5.74, 6) is -4.77. The third-order valence-electron chi connectivity index (χ3n) is 3.73. The lowest BCUT2D eigenvalue weighted by Crippen LogP contribution is -2.20. The van der Waals surface area contributed by atoms with Crippen LogP contribution in [0.3, 0.4) is 0 Å². The van der Waals surface area contributed by atoms with Gasteiger partial charge in [-0.15, -0.1) is 13.2 Å². The van der Waals surface area contributed by atoms with Gasteiger partial charge >= 0.3 is 12.5 Å². The first kappa shape index (κ1) is 22.8. The molecule has 0 aliphatic carbocycles. The van der Waals surface area contributed by atoms with Crippen LogP contribution in [0.25, 0.3) is 0 Å². The Kier molecular flexibility index (Phi) is 6.18. The predicted molar refractivity (Wildman–Crippen MR) is 93.3 cm³/mol. The first-order valence-electron chi connectivity index (χ1n) is 8.51. The van der Waals surface area contributed by atoms with Crippen molar-refractivity contribution in [2.45, 2.75) is 12.5 Å². The Morgan fingerprint density at radius 3 is 2.22 bits per heavy atom. The van der Waals surface area contributed by atoms with E-state index in [1.807, 2.05) is 0 Å². The molecule has 32 heavy (non-hydrogen) atoms. The Morgan fingerprint density at radius 1 is 1.00 bits per heavy atom. The zero-order valence-electron chi connectivity index (χ0n) is 15.5.